The minimum atomic E-state index is -0.277. The third-order valence-electron chi connectivity index (χ3n) is 2.75. The largest absolute Gasteiger partial charge is 0.236 e. The number of hydrogen-bond donors (Lipinski definition) is 0. The lowest BCUT2D eigenvalue weighted by Crippen LogP contribution is -1.99. The first-order valence-electron chi connectivity index (χ1n) is 5.72. The van der Waals surface area contributed by atoms with Crippen LogP contribution in [-0.2, 0) is 0 Å². The Hall–Kier alpha value is -1.48. The summed E-state index contributed by atoms with van der Waals surface area (Å²) in [7, 11) is 0. The molecular weight excluding hydrogens is 251 g/mol. The van der Waals surface area contributed by atoms with Crippen LogP contribution in [-0.4, -0.2) is 9.97 Å². The van der Waals surface area contributed by atoms with Crippen LogP contribution >= 0.6 is 11.6 Å². The summed E-state index contributed by atoms with van der Waals surface area (Å²) in [4.78, 5) is 8.64. The van der Waals surface area contributed by atoms with Gasteiger partial charge >= 0.3 is 0 Å². The first-order valence-corrected chi connectivity index (χ1v) is 6.16. The van der Waals surface area contributed by atoms with Gasteiger partial charge in [-0.25, -0.2) is 14.4 Å². The fraction of sp³-hybridized carbons (Fsp3) is 0.286. The van der Waals surface area contributed by atoms with Crippen LogP contribution in [0, 0.1) is 19.7 Å². The summed E-state index contributed by atoms with van der Waals surface area (Å²) in [6, 6.07) is 4.78. The Morgan fingerprint density at radius 1 is 1.22 bits per heavy atom. The highest BCUT2D eigenvalue weighted by Gasteiger charge is 2.10. The van der Waals surface area contributed by atoms with Gasteiger partial charge in [-0.15, -0.1) is 11.6 Å². The van der Waals surface area contributed by atoms with Gasteiger partial charge in [-0.05, 0) is 44.5 Å². The molecule has 1 aromatic carbocycles. The minimum Gasteiger partial charge on any atom is -0.236 e. The fourth-order valence-corrected chi connectivity index (χ4v) is 2.09. The Labute approximate surface area is 111 Å². The molecule has 0 N–H and O–H groups in total. The molecule has 0 aliphatic carbocycles. The number of aromatic nitrogens is 2. The smallest absolute Gasteiger partial charge is 0.159 e. The monoisotopic (exact) mass is 264 g/mol. The second-order valence-electron chi connectivity index (χ2n) is 4.37. The molecule has 94 valence electrons. The highest BCUT2D eigenvalue weighted by molar-refractivity contribution is 6.20. The van der Waals surface area contributed by atoms with E-state index in [0.717, 1.165) is 16.8 Å². The molecule has 0 bridgehead atoms. The molecule has 4 heteroatoms. The Balaban J connectivity index is 2.48. The second kappa shape index (κ2) is 5.02. The number of aryl methyl sites for hydroxylation is 2. The van der Waals surface area contributed by atoms with E-state index in [1.807, 2.05) is 26.8 Å². The van der Waals surface area contributed by atoms with E-state index in [1.54, 1.807) is 6.20 Å². The lowest BCUT2D eigenvalue weighted by Gasteiger charge is -2.09. The molecule has 0 aliphatic rings. The van der Waals surface area contributed by atoms with Crippen molar-refractivity contribution in [3.8, 4) is 11.4 Å². The van der Waals surface area contributed by atoms with E-state index in [4.69, 9.17) is 11.6 Å². The van der Waals surface area contributed by atoms with Crippen molar-refractivity contribution in [3.63, 3.8) is 0 Å². The summed E-state index contributed by atoms with van der Waals surface area (Å²) < 4.78 is 13.3. The van der Waals surface area contributed by atoms with Crippen molar-refractivity contribution in [2.75, 3.05) is 0 Å². The maximum absolute atomic E-state index is 13.3. The van der Waals surface area contributed by atoms with Gasteiger partial charge in [-0.2, -0.15) is 0 Å². The van der Waals surface area contributed by atoms with Crippen LogP contribution < -0.4 is 0 Å². The van der Waals surface area contributed by atoms with Crippen LogP contribution in [0.25, 0.3) is 11.4 Å². The molecule has 0 spiro atoms. The van der Waals surface area contributed by atoms with Gasteiger partial charge in [0.25, 0.3) is 0 Å². The number of alkyl halides is 1. The molecule has 2 rings (SSSR count). The average Bonchev–Trinajstić information content (AvgIpc) is 2.26. The SMILES string of the molecule is Cc1cc(F)cc(-c2ncc(C(C)Cl)c(C)n2)c1. The van der Waals surface area contributed by atoms with Crippen molar-refractivity contribution in [3.05, 3.63) is 47.0 Å². The van der Waals surface area contributed by atoms with Crippen LogP contribution in [0.5, 0.6) is 0 Å². The van der Waals surface area contributed by atoms with Gasteiger partial charge in [0.2, 0.25) is 0 Å². The summed E-state index contributed by atoms with van der Waals surface area (Å²) in [6.07, 6.45) is 1.70. The van der Waals surface area contributed by atoms with Gasteiger partial charge in [0.05, 0.1) is 5.38 Å². The Morgan fingerprint density at radius 2 is 1.94 bits per heavy atom. The average molecular weight is 265 g/mol. The summed E-state index contributed by atoms with van der Waals surface area (Å²) in [5.41, 5.74) is 3.25. The van der Waals surface area contributed by atoms with E-state index >= 15 is 0 Å². The van der Waals surface area contributed by atoms with E-state index in [1.165, 1.54) is 12.1 Å². The van der Waals surface area contributed by atoms with Gasteiger partial charge in [0, 0.05) is 23.0 Å². The van der Waals surface area contributed by atoms with Gasteiger partial charge in [-0.3, -0.25) is 0 Å². The van der Waals surface area contributed by atoms with Crippen LogP contribution in [0.2, 0.25) is 0 Å². The van der Waals surface area contributed by atoms with Gasteiger partial charge in [0.1, 0.15) is 5.82 Å². The summed E-state index contributed by atoms with van der Waals surface area (Å²) in [6.45, 7) is 5.60. The third-order valence-corrected chi connectivity index (χ3v) is 2.98. The Bertz CT molecular complexity index is 562. The van der Waals surface area contributed by atoms with E-state index in [2.05, 4.69) is 9.97 Å². The molecule has 1 heterocycles. The second-order valence-corrected chi connectivity index (χ2v) is 5.02. The van der Waals surface area contributed by atoms with Crippen LogP contribution in [0.15, 0.2) is 24.4 Å². The van der Waals surface area contributed by atoms with Crippen molar-refractivity contribution in [2.24, 2.45) is 0 Å². The van der Waals surface area contributed by atoms with Gasteiger partial charge < -0.3 is 0 Å². The normalized spacial score (nSPS) is 12.5. The van der Waals surface area contributed by atoms with Crippen LogP contribution in [0.3, 0.4) is 0 Å². The van der Waals surface area contributed by atoms with E-state index < -0.39 is 0 Å². The van der Waals surface area contributed by atoms with E-state index in [-0.39, 0.29) is 11.2 Å². The van der Waals surface area contributed by atoms with E-state index in [9.17, 15) is 4.39 Å². The fourth-order valence-electron chi connectivity index (χ4n) is 1.87. The quantitative estimate of drug-likeness (QED) is 0.760. The first-order chi connectivity index (χ1) is 8.47. The van der Waals surface area contributed by atoms with Crippen LogP contribution in [0.4, 0.5) is 4.39 Å². The minimum absolute atomic E-state index is 0.131. The Morgan fingerprint density at radius 3 is 2.50 bits per heavy atom. The molecule has 18 heavy (non-hydrogen) atoms. The number of halogens is 2. The lowest BCUT2D eigenvalue weighted by atomic mass is 10.1. The number of hydrogen-bond acceptors (Lipinski definition) is 2. The molecule has 1 aromatic heterocycles. The molecular formula is C14H14ClFN2. The molecule has 0 saturated carbocycles. The zero-order chi connectivity index (χ0) is 13.3. The van der Waals surface area contributed by atoms with Crippen molar-refractivity contribution >= 4 is 11.6 Å². The molecule has 0 saturated heterocycles. The molecule has 0 fully saturated rings. The van der Waals surface area contributed by atoms with Crippen molar-refractivity contribution in [1.82, 2.24) is 9.97 Å². The van der Waals surface area contributed by atoms with Crippen molar-refractivity contribution in [2.45, 2.75) is 26.1 Å². The van der Waals surface area contributed by atoms with Gasteiger partial charge in [0.15, 0.2) is 5.82 Å². The topological polar surface area (TPSA) is 25.8 Å². The van der Waals surface area contributed by atoms with Crippen molar-refractivity contribution < 1.29 is 4.39 Å². The highest BCUT2D eigenvalue weighted by atomic mass is 35.5. The summed E-state index contributed by atoms with van der Waals surface area (Å²) >= 11 is 6.02. The first kappa shape index (κ1) is 13.0. The highest BCUT2D eigenvalue weighted by Crippen LogP contribution is 2.24. The standard InChI is InChI=1S/C14H14ClFN2/c1-8-4-11(6-12(16)5-8)14-17-7-13(9(2)15)10(3)18-14/h4-7,9H,1-3H3. The lowest BCUT2D eigenvalue weighted by molar-refractivity contribution is 0.627. The summed E-state index contributed by atoms with van der Waals surface area (Å²) in [5.74, 6) is 0.247. The number of benzene rings is 1. The predicted molar refractivity (Wildman–Crippen MR) is 71.2 cm³/mol. The molecule has 2 nitrogen and oxygen atoms in total. The zero-order valence-electron chi connectivity index (χ0n) is 10.5. The number of rotatable bonds is 2. The molecule has 0 radical (unpaired) electrons. The molecule has 0 amide bonds. The molecule has 2 aromatic rings. The van der Waals surface area contributed by atoms with Crippen molar-refractivity contribution in [1.29, 1.82) is 0 Å². The summed E-state index contributed by atoms with van der Waals surface area (Å²) in [5, 5.41) is -0.131. The third kappa shape index (κ3) is 2.67. The zero-order valence-corrected chi connectivity index (χ0v) is 11.3. The Kier molecular flexibility index (Phi) is 3.62. The van der Waals surface area contributed by atoms with E-state index in [0.29, 0.717) is 11.4 Å². The molecule has 1 unspecified atom stereocenters. The maximum Gasteiger partial charge on any atom is 0.159 e. The maximum atomic E-state index is 13.3. The molecule has 0 aliphatic heterocycles. The van der Waals surface area contributed by atoms with Gasteiger partial charge in [-0.1, -0.05) is 0 Å². The van der Waals surface area contributed by atoms with Crippen LogP contribution in [0.1, 0.15) is 29.1 Å². The molecule has 1 atom stereocenters. The predicted octanol–water partition coefficient (Wildman–Crippen LogP) is 4.20. The number of nitrogens with zero attached hydrogens (tertiary/aromatic N) is 2.